The number of carbonyl (C=O) groups is 1. The first-order chi connectivity index (χ1) is 15.3. The van der Waals surface area contributed by atoms with Gasteiger partial charge in [-0.15, -0.1) is 0 Å². The van der Waals surface area contributed by atoms with E-state index in [-0.39, 0.29) is 6.61 Å². The lowest BCUT2D eigenvalue weighted by Gasteiger charge is -2.18. The fourth-order valence-corrected chi connectivity index (χ4v) is 4.35. The van der Waals surface area contributed by atoms with Gasteiger partial charge in [-0.1, -0.05) is 83.4 Å². The fourth-order valence-electron chi connectivity index (χ4n) is 4.07. The number of rotatable bonds is 4. The van der Waals surface area contributed by atoms with Gasteiger partial charge in [0.2, 0.25) is 0 Å². The molecular formula is C27H45ClN2O2. The van der Waals surface area contributed by atoms with Gasteiger partial charge in [0.05, 0.1) is 17.2 Å². The molecule has 2 aliphatic rings. The van der Waals surface area contributed by atoms with Gasteiger partial charge in [-0.2, -0.15) is 5.26 Å². The van der Waals surface area contributed by atoms with E-state index in [1.165, 1.54) is 64.5 Å². The third kappa shape index (κ3) is 13.9. The molecule has 2 atom stereocenters. The van der Waals surface area contributed by atoms with Crippen LogP contribution in [0, 0.1) is 36.0 Å². The summed E-state index contributed by atoms with van der Waals surface area (Å²) in [5, 5.41) is 16.5. The fraction of sp³-hybridized carbons (Fsp3) is 0.704. The minimum absolute atomic E-state index is 0.361. The SMILES string of the molecule is CCC(C)C1CCN(C)C1.CCC1CCCCC1.Cc1ccc(C#N)c(Cl)c1.O=CCO. The van der Waals surface area contributed by atoms with Gasteiger partial charge in [-0.3, -0.25) is 0 Å². The molecule has 3 rings (SSSR count). The van der Waals surface area contributed by atoms with Crippen molar-refractivity contribution < 1.29 is 9.90 Å². The number of aliphatic hydroxyl groups excluding tert-OH is 1. The Morgan fingerprint density at radius 2 is 1.88 bits per heavy atom. The predicted octanol–water partition coefficient (Wildman–Crippen LogP) is 6.66. The van der Waals surface area contributed by atoms with Gasteiger partial charge < -0.3 is 14.8 Å². The molecule has 1 aromatic carbocycles. The van der Waals surface area contributed by atoms with Crippen LogP contribution in [0.3, 0.4) is 0 Å². The second kappa shape index (κ2) is 19.1. The van der Waals surface area contributed by atoms with E-state index in [9.17, 15) is 0 Å². The molecule has 1 N–H and O–H groups in total. The summed E-state index contributed by atoms with van der Waals surface area (Å²) in [6, 6.07) is 7.35. The Morgan fingerprint density at radius 3 is 2.25 bits per heavy atom. The van der Waals surface area contributed by atoms with Crippen LogP contribution in [-0.2, 0) is 4.79 Å². The molecule has 0 radical (unpaired) electrons. The van der Waals surface area contributed by atoms with E-state index in [1.807, 2.05) is 19.1 Å². The van der Waals surface area contributed by atoms with Gasteiger partial charge in [0.15, 0.2) is 0 Å². The number of nitriles is 1. The third-order valence-corrected chi connectivity index (χ3v) is 6.81. The molecule has 2 unspecified atom stereocenters. The molecule has 0 bridgehead atoms. The zero-order chi connectivity index (χ0) is 24.4. The molecule has 1 heterocycles. The molecule has 182 valence electrons. The van der Waals surface area contributed by atoms with Crippen LogP contribution in [-0.4, -0.2) is 43.0 Å². The second-order valence-electron chi connectivity index (χ2n) is 9.05. The van der Waals surface area contributed by atoms with Crippen LogP contribution >= 0.6 is 11.6 Å². The molecule has 5 heteroatoms. The first-order valence-electron chi connectivity index (χ1n) is 12.2. The van der Waals surface area contributed by atoms with E-state index in [2.05, 4.69) is 32.7 Å². The Balaban J connectivity index is 0.000000418. The number of likely N-dealkylation sites (tertiary alicyclic amines) is 1. The number of nitrogens with zero attached hydrogens (tertiary/aromatic N) is 2. The highest BCUT2D eigenvalue weighted by Crippen LogP contribution is 2.25. The number of aliphatic hydroxyl groups is 1. The average Bonchev–Trinajstić information content (AvgIpc) is 3.26. The Morgan fingerprint density at radius 1 is 1.25 bits per heavy atom. The van der Waals surface area contributed by atoms with Crippen LogP contribution < -0.4 is 0 Å². The smallest absolute Gasteiger partial charge is 0.145 e. The highest BCUT2D eigenvalue weighted by Gasteiger charge is 2.23. The van der Waals surface area contributed by atoms with Crippen molar-refractivity contribution in [3.05, 3.63) is 34.3 Å². The van der Waals surface area contributed by atoms with Crippen LogP contribution in [0.5, 0.6) is 0 Å². The van der Waals surface area contributed by atoms with Gasteiger partial charge in [-0.25, -0.2) is 0 Å². The monoisotopic (exact) mass is 464 g/mol. The lowest BCUT2D eigenvalue weighted by molar-refractivity contribution is -0.110. The van der Waals surface area contributed by atoms with Gasteiger partial charge in [0.1, 0.15) is 12.4 Å². The van der Waals surface area contributed by atoms with E-state index in [0.29, 0.717) is 16.9 Å². The first kappa shape index (κ1) is 30.6. The van der Waals surface area contributed by atoms with Gasteiger partial charge in [0, 0.05) is 6.54 Å². The molecule has 1 saturated carbocycles. The van der Waals surface area contributed by atoms with E-state index >= 15 is 0 Å². The Labute approximate surface area is 202 Å². The van der Waals surface area contributed by atoms with Crippen molar-refractivity contribution in [1.82, 2.24) is 4.90 Å². The highest BCUT2D eigenvalue weighted by molar-refractivity contribution is 6.31. The molecule has 2 fully saturated rings. The quantitative estimate of drug-likeness (QED) is 0.506. The number of benzene rings is 1. The summed E-state index contributed by atoms with van der Waals surface area (Å²) < 4.78 is 0. The topological polar surface area (TPSA) is 64.3 Å². The van der Waals surface area contributed by atoms with E-state index < -0.39 is 0 Å². The van der Waals surface area contributed by atoms with Crippen molar-refractivity contribution in [1.29, 1.82) is 5.26 Å². The lowest BCUT2D eigenvalue weighted by Crippen LogP contribution is -2.17. The van der Waals surface area contributed by atoms with Crippen LogP contribution in [0.25, 0.3) is 0 Å². The van der Waals surface area contributed by atoms with Crippen LogP contribution in [0.4, 0.5) is 0 Å². The number of halogens is 1. The molecule has 32 heavy (non-hydrogen) atoms. The van der Waals surface area contributed by atoms with E-state index in [0.717, 1.165) is 23.3 Å². The largest absolute Gasteiger partial charge is 0.389 e. The molecule has 1 saturated heterocycles. The molecule has 1 aromatic rings. The van der Waals surface area contributed by atoms with Crippen molar-refractivity contribution in [3.8, 4) is 6.07 Å². The number of aldehydes is 1. The number of aryl methyl sites for hydroxylation is 1. The summed E-state index contributed by atoms with van der Waals surface area (Å²) in [7, 11) is 2.22. The van der Waals surface area contributed by atoms with Crippen LogP contribution in [0.2, 0.25) is 5.02 Å². The molecule has 4 nitrogen and oxygen atoms in total. The summed E-state index contributed by atoms with van der Waals surface area (Å²) in [5.74, 6) is 3.00. The Kier molecular flexibility index (Phi) is 18.3. The first-order valence-corrected chi connectivity index (χ1v) is 12.6. The van der Waals surface area contributed by atoms with Gasteiger partial charge >= 0.3 is 0 Å². The molecule has 0 spiro atoms. The lowest BCUT2D eigenvalue weighted by atomic mass is 9.88. The number of carbonyl (C=O) groups excluding carboxylic acids is 1. The van der Waals surface area contributed by atoms with Crippen LogP contribution in [0.1, 0.15) is 83.3 Å². The Bertz CT molecular complexity index is 654. The Hall–Kier alpha value is -1.41. The zero-order valence-electron chi connectivity index (χ0n) is 20.9. The minimum Gasteiger partial charge on any atom is -0.389 e. The molecule has 1 aliphatic carbocycles. The van der Waals surface area contributed by atoms with E-state index in [4.69, 9.17) is 26.8 Å². The maximum absolute atomic E-state index is 8.92. The zero-order valence-corrected chi connectivity index (χ0v) is 21.7. The molecule has 0 amide bonds. The highest BCUT2D eigenvalue weighted by atomic mass is 35.5. The number of hydrogen-bond acceptors (Lipinski definition) is 4. The molecular weight excluding hydrogens is 420 g/mol. The summed E-state index contributed by atoms with van der Waals surface area (Å²) in [6.07, 6.45) is 12.1. The summed E-state index contributed by atoms with van der Waals surface area (Å²) in [5.41, 5.74) is 1.61. The summed E-state index contributed by atoms with van der Waals surface area (Å²) in [4.78, 5) is 11.4. The summed E-state index contributed by atoms with van der Waals surface area (Å²) >= 11 is 5.71. The van der Waals surface area contributed by atoms with Gasteiger partial charge in [0.25, 0.3) is 0 Å². The standard InChI is InChI=1S/C9H19N.C8H6ClN.C8H16.C2H4O2/c1-4-8(2)9-5-6-10(3)7-9;1-6-2-3-7(5-10)8(9)4-6;1-2-8-6-4-3-5-7-8;3-1-2-4/h8-9H,4-7H2,1-3H3;2-4H,1H3;8H,2-7H2,1H3;1,4H,2H2. The van der Waals surface area contributed by atoms with Crippen LogP contribution in [0.15, 0.2) is 18.2 Å². The minimum atomic E-state index is -0.361. The van der Waals surface area contributed by atoms with Crippen molar-refractivity contribution in [2.75, 3.05) is 26.7 Å². The molecule has 0 aromatic heterocycles. The second-order valence-corrected chi connectivity index (χ2v) is 9.46. The van der Waals surface area contributed by atoms with Crippen molar-refractivity contribution in [2.24, 2.45) is 17.8 Å². The van der Waals surface area contributed by atoms with Crippen molar-refractivity contribution >= 4 is 17.9 Å². The van der Waals surface area contributed by atoms with Gasteiger partial charge in [-0.05, 0) is 62.4 Å². The maximum atomic E-state index is 8.92. The molecule has 1 aliphatic heterocycles. The van der Waals surface area contributed by atoms with Crippen molar-refractivity contribution in [3.63, 3.8) is 0 Å². The third-order valence-electron chi connectivity index (χ3n) is 6.50. The number of hydrogen-bond donors (Lipinski definition) is 1. The van der Waals surface area contributed by atoms with Crippen molar-refractivity contribution in [2.45, 2.75) is 79.1 Å². The average molecular weight is 465 g/mol. The van der Waals surface area contributed by atoms with E-state index in [1.54, 1.807) is 12.1 Å². The maximum Gasteiger partial charge on any atom is 0.145 e. The normalized spacial score (nSPS) is 19.1. The summed E-state index contributed by atoms with van der Waals surface area (Å²) in [6.45, 7) is 11.2. The predicted molar refractivity (Wildman–Crippen MR) is 136 cm³/mol.